The summed E-state index contributed by atoms with van der Waals surface area (Å²) in [6.07, 6.45) is -0.549. The second-order valence-corrected chi connectivity index (χ2v) is 5.82. The summed E-state index contributed by atoms with van der Waals surface area (Å²) in [5.74, 6) is 0.571. The lowest BCUT2D eigenvalue weighted by molar-refractivity contribution is 0.131. The summed E-state index contributed by atoms with van der Waals surface area (Å²) >= 11 is 0. The summed E-state index contributed by atoms with van der Waals surface area (Å²) in [5.41, 5.74) is 0.896. The number of nitrogens with zero attached hydrogens (tertiary/aromatic N) is 4. The van der Waals surface area contributed by atoms with Crippen LogP contribution in [0.15, 0.2) is 30.3 Å². The number of aliphatic hydroxyl groups excluding tert-OH is 1. The van der Waals surface area contributed by atoms with Crippen molar-refractivity contribution in [1.82, 2.24) is 25.5 Å². The summed E-state index contributed by atoms with van der Waals surface area (Å²) in [4.78, 5) is 1.43. The Balaban J connectivity index is 1.93. The lowest BCUT2D eigenvalue weighted by Gasteiger charge is -2.22. The van der Waals surface area contributed by atoms with Crippen molar-refractivity contribution in [2.75, 3.05) is 6.54 Å². The fourth-order valence-corrected chi connectivity index (χ4v) is 1.70. The molecule has 0 aliphatic rings. The quantitative estimate of drug-likeness (QED) is 0.854. The van der Waals surface area contributed by atoms with Crippen LogP contribution >= 0.6 is 0 Å². The molecule has 0 radical (unpaired) electrons. The molecule has 0 spiro atoms. The maximum atomic E-state index is 9.95. The van der Waals surface area contributed by atoms with Gasteiger partial charge in [-0.2, -0.15) is 4.80 Å². The Labute approximate surface area is 118 Å². The number of hydrogen-bond acceptors (Lipinski definition) is 5. The van der Waals surface area contributed by atoms with Gasteiger partial charge in [-0.1, -0.05) is 30.3 Å². The van der Waals surface area contributed by atoms with E-state index in [9.17, 15) is 5.11 Å². The van der Waals surface area contributed by atoms with E-state index in [-0.39, 0.29) is 5.54 Å². The minimum Gasteiger partial charge on any atom is -0.390 e. The number of benzene rings is 1. The van der Waals surface area contributed by atoms with Gasteiger partial charge in [-0.25, -0.2) is 0 Å². The predicted molar refractivity (Wildman–Crippen MR) is 77.0 cm³/mol. The average molecular weight is 275 g/mol. The van der Waals surface area contributed by atoms with Gasteiger partial charge in [0.1, 0.15) is 0 Å². The van der Waals surface area contributed by atoms with Crippen LogP contribution in [0.25, 0.3) is 11.4 Å². The molecule has 1 aromatic carbocycles. The Kier molecular flexibility index (Phi) is 4.46. The predicted octanol–water partition coefficient (Wildman–Crippen LogP) is 1.09. The van der Waals surface area contributed by atoms with Crippen LogP contribution in [0, 0.1) is 0 Å². The second-order valence-electron chi connectivity index (χ2n) is 5.82. The molecule has 2 rings (SSSR count). The first kappa shape index (κ1) is 14.6. The number of aromatic nitrogens is 4. The summed E-state index contributed by atoms with van der Waals surface area (Å²) < 4.78 is 0. The SMILES string of the molecule is CC(C)(C)NCC(O)Cn1nnc(-c2ccccc2)n1. The second kappa shape index (κ2) is 6.11. The molecule has 6 heteroatoms. The highest BCUT2D eigenvalue weighted by atomic mass is 16.3. The van der Waals surface area contributed by atoms with Gasteiger partial charge in [0, 0.05) is 17.6 Å². The molecule has 0 saturated heterocycles. The van der Waals surface area contributed by atoms with Crippen molar-refractivity contribution in [3.05, 3.63) is 30.3 Å². The van der Waals surface area contributed by atoms with Gasteiger partial charge in [0.2, 0.25) is 5.82 Å². The Morgan fingerprint density at radius 1 is 1.25 bits per heavy atom. The van der Waals surface area contributed by atoms with Gasteiger partial charge in [-0.3, -0.25) is 0 Å². The Bertz CT molecular complexity index is 532. The van der Waals surface area contributed by atoms with Gasteiger partial charge in [-0.05, 0) is 26.0 Å². The first-order valence-electron chi connectivity index (χ1n) is 6.70. The zero-order valence-electron chi connectivity index (χ0n) is 12.1. The van der Waals surface area contributed by atoms with Crippen LogP contribution in [0.2, 0.25) is 0 Å². The summed E-state index contributed by atoms with van der Waals surface area (Å²) in [6, 6.07) is 9.66. The van der Waals surface area contributed by atoms with Crippen LogP contribution in [0.5, 0.6) is 0 Å². The molecule has 0 saturated carbocycles. The summed E-state index contributed by atoms with van der Waals surface area (Å²) in [5, 5.41) is 25.4. The first-order valence-corrected chi connectivity index (χ1v) is 6.70. The van der Waals surface area contributed by atoms with E-state index in [1.165, 1.54) is 4.80 Å². The molecule has 2 aromatic rings. The van der Waals surface area contributed by atoms with E-state index >= 15 is 0 Å². The van der Waals surface area contributed by atoms with Crippen LogP contribution in [0.4, 0.5) is 0 Å². The van der Waals surface area contributed by atoms with E-state index in [0.29, 0.717) is 18.9 Å². The van der Waals surface area contributed by atoms with Gasteiger partial charge in [-0.15, -0.1) is 10.2 Å². The molecule has 0 fully saturated rings. The molecule has 1 unspecified atom stereocenters. The van der Waals surface area contributed by atoms with Crippen molar-refractivity contribution in [2.45, 2.75) is 39.0 Å². The van der Waals surface area contributed by atoms with E-state index in [4.69, 9.17) is 0 Å². The van der Waals surface area contributed by atoms with Crippen LogP contribution in [-0.2, 0) is 6.54 Å². The number of rotatable bonds is 5. The van der Waals surface area contributed by atoms with Gasteiger partial charge >= 0.3 is 0 Å². The van der Waals surface area contributed by atoms with E-state index in [0.717, 1.165) is 5.56 Å². The number of hydrogen-bond donors (Lipinski definition) is 2. The fraction of sp³-hybridized carbons (Fsp3) is 0.500. The molecule has 0 aliphatic heterocycles. The van der Waals surface area contributed by atoms with Crippen molar-refractivity contribution in [3.63, 3.8) is 0 Å². The van der Waals surface area contributed by atoms with E-state index < -0.39 is 6.10 Å². The van der Waals surface area contributed by atoms with Crippen molar-refractivity contribution in [1.29, 1.82) is 0 Å². The molecule has 1 heterocycles. The number of aliphatic hydroxyl groups is 1. The highest BCUT2D eigenvalue weighted by Gasteiger charge is 2.14. The molecule has 1 aromatic heterocycles. The third kappa shape index (κ3) is 4.40. The molecule has 0 amide bonds. The highest BCUT2D eigenvalue weighted by molar-refractivity contribution is 5.52. The zero-order valence-corrected chi connectivity index (χ0v) is 12.1. The number of β-amino-alcohol motifs (C(OH)–C–C–N with tert-alkyl or cyclic N) is 1. The Morgan fingerprint density at radius 2 is 1.95 bits per heavy atom. The Hall–Kier alpha value is -1.79. The monoisotopic (exact) mass is 275 g/mol. The van der Waals surface area contributed by atoms with Crippen LogP contribution in [0.1, 0.15) is 20.8 Å². The zero-order chi connectivity index (χ0) is 14.6. The number of tetrazole rings is 1. The minimum absolute atomic E-state index is 0.0219. The summed E-state index contributed by atoms with van der Waals surface area (Å²) in [7, 11) is 0. The molecule has 6 nitrogen and oxygen atoms in total. The maximum Gasteiger partial charge on any atom is 0.204 e. The third-order valence-electron chi connectivity index (χ3n) is 2.73. The van der Waals surface area contributed by atoms with Gasteiger partial charge in [0.15, 0.2) is 0 Å². The molecular weight excluding hydrogens is 254 g/mol. The van der Waals surface area contributed by atoms with Crippen molar-refractivity contribution >= 4 is 0 Å². The highest BCUT2D eigenvalue weighted by Crippen LogP contribution is 2.11. The third-order valence-corrected chi connectivity index (χ3v) is 2.73. The maximum absolute atomic E-state index is 9.95. The molecule has 20 heavy (non-hydrogen) atoms. The van der Waals surface area contributed by atoms with Crippen LogP contribution in [0.3, 0.4) is 0 Å². The molecule has 108 valence electrons. The van der Waals surface area contributed by atoms with E-state index in [1.54, 1.807) is 0 Å². The number of nitrogens with one attached hydrogen (secondary N) is 1. The molecule has 2 N–H and O–H groups in total. The molecule has 0 bridgehead atoms. The standard InChI is InChI=1S/C14H21N5O/c1-14(2,3)15-9-12(20)10-19-17-13(16-18-19)11-7-5-4-6-8-11/h4-8,12,15,20H,9-10H2,1-3H3. The molecular formula is C14H21N5O. The topological polar surface area (TPSA) is 75.9 Å². The first-order chi connectivity index (χ1) is 9.44. The Morgan fingerprint density at radius 3 is 2.60 bits per heavy atom. The smallest absolute Gasteiger partial charge is 0.204 e. The average Bonchev–Trinajstić information content (AvgIpc) is 2.85. The van der Waals surface area contributed by atoms with Crippen LogP contribution < -0.4 is 5.32 Å². The van der Waals surface area contributed by atoms with Crippen molar-refractivity contribution in [2.24, 2.45) is 0 Å². The summed E-state index contributed by atoms with van der Waals surface area (Å²) in [6.45, 7) is 6.98. The fourth-order valence-electron chi connectivity index (χ4n) is 1.70. The van der Waals surface area contributed by atoms with E-state index in [2.05, 4.69) is 41.5 Å². The van der Waals surface area contributed by atoms with Gasteiger partial charge in [0.05, 0.1) is 12.6 Å². The minimum atomic E-state index is -0.549. The van der Waals surface area contributed by atoms with Crippen molar-refractivity contribution < 1.29 is 5.11 Å². The molecule has 1 atom stereocenters. The molecule has 0 aliphatic carbocycles. The van der Waals surface area contributed by atoms with Gasteiger partial charge in [0.25, 0.3) is 0 Å². The normalized spacial score (nSPS) is 13.4. The van der Waals surface area contributed by atoms with Crippen LogP contribution in [-0.4, -0.2) is 43.5 Å². The largest absolute Gasteiger partial charge is 0.390 e. The van der Waals surface area contributed by atoms with Gasteiger partial charge < -0.3 is 10.4 Å². The lowest BCUT2D eigenvalue weighted by Crippen LogP contribution is -2.42. The van der Waals surface area contributed by atoms with Crippen molar-refractivity contribution in [3.8, 4) is 11.4 Å². The lowest BCUT2D eigenvalue weighted by atomic mass is 10.1. The van der Waals surface area contributed by atoms with E-state index in [1.807, 2.05) is 30.3 Å².